The Balaban J connectivity index is 1.28. The summed E-state index contributed by atoms with van der Waals surface area (Å²) >= 11 is 0. The first-order valence-corrected chi connectivity index (χ1v) is 9.97. The van der Waals surface area contributed by atoms with E-state index < -0.39 is 0 Å². The third-order valence-corrected chi connectivity index (χ3v) is 5.39. The van der Waals surface area contributed by atoms with Gasteiger partial charge in [0.1, 0.15) is 30.3 Å². The molecule has 150 valence electrons. The van der Waals surface area contributed by atoms with Gasteiger partial charge >= 0.3 is 0 Å². The summed E-state index contributed by atoms with van der Waals surface area (Å²) in [7, 11) is 0. The van der Waals surface area contributed by atoms with Crippen molar-refractivity contribution >= 4 is 22.6 Å². The van der Waals surface area contributed by atoms with Crippen LogP contribution >= 0.6 is 0 Å². The minimum Gasteiger partial charge on any atom is -0.350 e. The van der Waals surface area contributed by atoms with Crippen LogP contribution in [-0.4, -0.2) is 43.0 Å². The molecule has 0 saturated carbocycles. The zero-order valence-corrected chi connectivity index (χ0v) is 16.3. The number of carbonyl (C=O) groups excluding carboxylic acids is 1. The van der Waals surface area contributed by atoms with Crippen LogP contribution in [0.2, 0.25) is 0 Å². The minimum absolute atomic E-state index is 0.00822. The molecule has 1 aliphatic rings. The molecule has 5 rings (SSSR count). The van der Waals surface area contributed by atoms with Gasteiger partial charge in [-0.05, 0) is 36.6 Å². The summed E-state index contributed by atoms with van der Waals surface area (Å²) in [6.07, 6.45) is 10.4. The predicted molar refractivity (Wildman–Crippen MR) is 113 cm³/mol. The number of pyridine rings is 1. The van der Waals surface area contributed by atoms with Gasteiger partial charge in [-0.3, -0.25) is 9.36 Å². The van der Waals surface area contributed by atoms with Crippen LogP contribution in [0.4, 0.5) is 5.82 Å². The summed E-state index contributed by atoms with van der Waals surface area (Å²) in [5.41, 5.74) is 1.84. The monoisotopic (exact) mass is 399 g/mol. The van der Waals surface area contributed by atoms with Crippen molar-refractivity contribution in [2.24, 2.45) is 0 Å². The summed E-state index contributed by atoms with van der Waals surface area (Å²) in [5.74, 6) is 1.62. The van der Waals surface area contributed by atoms with Gasteiger partial charge in [-0.25, -0.2) is 19.9 Å². The van der Waals surface area contributed by atoms with Crippen molar-refractivity contribution in [1.29, 1.82) is 0 Å². The molecule has 8 nitrogen and oxygen atoms in total. The first-order valence-electron chi connectivity index (χ1n) is 9.97. The SMILES string of the molecule is O=C(NCc1ccc(-n2ccnc2)nc1)[C@H]1CCCN1c1ncnc2ccccc12. The number of fused-ring (bicyclic) bond motifs is 1. The lowest BCUT2D eigenvalue weighted by atomic mass is 10.1. The van der Waals surface area contributed by atoms with Gasteiger partial charge in [0.05, 0.1) is 5.52 Å². The second-order valence-electron chi connectivity index (χ2n) is 7.28. The van der Waals surface area contributed by atoms with Crippen LogP contribution < -0.4 is 10.2 Å². The Morgan fingerprint density at radius 3 is 2.90 bits per heavy atom. The molecule has 1 aromatic carbocycles. The zero-order chi connectivity index (χ0) is 20.3. The molecule has 0 bridgehead atoms. The topological polar surface area (TPSA) is 88.8 Å². The number of carbonyl (C=O) groups is 1. The van der Waals surface area contributed by atoms with Crippen molar-refractivity contribution in [1.82, 2.24) is 29.8 Å². The average molecular weight is 399 g/mol. The minimum atomic E-state index is -0.235. The molecule has 0 radical (unpaired) electrons. The highest BCUT2D eigenvalue weighted by atomic mass is 16.2. The summed E-state index contributed by atoms with van der Waals surface area (Å²) < 4.78 is 1.84. The molecule has 4 heterocycles. The van der Waals surface area contributed by atoms with Gasteiger partial charge in [-0.2, -0.15) is 0 Å². The number of para-hydroxylation sites is 1. The molecule has 0 unspecified atom stereocenters. The van der Waals surface area contributed by atoms with Gasteiger partial charge in [0, 0.05) is 37.1 Å². The van der Waals surface area contributed by atoms with Crippen molar-refractivity contribution in [3.8, 4) is 5.82 Å². The van der Waals surface area contributed by atoms with Gasteiger partial charge < -0.3 is 10.2 Å². The summed E-state index contributed by atoms with van der Waals surface area (Å²) in [6, 6.07) is 11.5. The van der Waals surface area contributed by atoms with Gasteiger partial charge in [0.2, 0.25) is 5.91 Å². The van der Waals surface area contributed by atoms with Crippen LogP contribution in [0.1, 0.15) is 18.4 Å². The van der Waals surface area contributed by atoms with Crippen molar-refractivity contribution in [3.05, 3.63) is 73.2 Å². The maximum atomic E-state index is 13.0. The second kappa shape index (κ2) is 7.90. The van der Waals surface area contributed by atoms with Crippen LogP contribution in [0.15, 0.2) is 67.6 Å². The molecule has 1 aliphatic heterocycles. The maximum Gasteiger partial charge on any atom is 0.243 e. The van der Waals surface area contributed by atoms with E-state index in [4.69, 9.17) is 0 Å². The van der Waals surface area contributed by atoms with Crippen molar-refractivity contribution in [2.75, 3.05) is 11.4 Å². The fourth-order valence-electron chi connectivity index (χ4n) is 3.89. The Morgan fingerprint density at radius 1 is 1.13 bits per heavy atom. The highest BCUT2D eigenvalue weighted by molar-refractivity contribution is 5.93. The van der Waals surface area contributed by atoms with E-state index in [9.17, 15) is 4.79 Å². The Kier molecular flexibility index (Phi) is 4.80. The van der Waals surface area contributed by atoms with Gasteiger partial charge in [0.15, 0.2) is 0 Å². The first kappa shape index (κ1) is 18.2. The summed E-state index contributed by atoms with van der Waals surface area (Å²) in [6.45, 7) is 1.24. The van der Waals surface area contributed by atoms with Crippen LogP contribution in [0.25, 0.3) is 16.7 Å². The third-order valence-electron chi connectivity index (χ3n) is 5.39. The number of rotatable bonds is 5. The smallest absolute Gasteiger partial charge is 0.243 e. The molecular weight excluding hydrogens is 378 g/mol. The number of nitrogens with zero attached hydrogens (tertiary/aromatic N) is 6. The lowest BCUT2D eigenvalue weighted by Crippen LogP contribution is -2.43. The van der Waals surface area contributed by atoms with Gasteiger partial charge in [-0.1, -0.05) is 18.2 Å². The Bertz CT molecular complexity index is 1150. The second-order valence-corrected chi connectivity index (χ2v) is 7.28. The van der Waals surface area contributed by atoms with Crippen molar-refractivity contribution in [2.45, 2.75) is 25.4 Å². The number of nitrogens with one attached hydrogen (secondary N) is 1. The van der Waals surface area contributed by atoms with E-state index >= 15 is 0 Å². The maximum absolute atomic E-state index is 13.0. The molecule has 0 aliphatic carbocycles. The van der Waals surface area contributed by atoms with E-state index in [2.05, 4.69) is 30.2 Å². The fourth-order valence-corrected chi connectivity index (χ4v) is 3.89. The molecule has 1 N–H and O–H groups in total. The number of hydrogen-bond donors (Lipinski definition) is 1. The van der Waals surface area contributed by atoms with Gasteiger partial charge in [0.25, 0.3) is 0 Å². The normalized spacial score (nSPS) is 16.1. The molecule has 1 atom stereocenters. The van der Waals surface area contributed by atoms with Crippen LogP contribution in [0.5, 0.6) is 0 Å². The van der Waals surface area contributed by atoms with E-state index in [1.807, 2.05) is 47.2 Å². The van der Waals surface area contributed by atoms with E-state index in [0.29, 0.717) is 6.54 Å². The molecule has 1 amide bonds. The molecule has 0 spiro atoms. The number of benzene rings is 1. The number of anilines is 1. The van der Waals surface area contributed by atoms with Crippen LogP contribution in [0.3, 0.4) is 0 Å². The molecule has 8 heteroatoms. The van der Waals surface area contributed by atoms with E-state index in [-0.39, 0.29) is 11.9 Å². The van der Waals surface area contributed by atoms with E-state index in [1.165, 1.54) is 0 Å². The first-order chi connectivity index (χ1) is 14.8. The Labute approximate surface area is 173 Å². The molecular formula is C22H21N7O. The Hall–Kier alpha value is -3.81. The fraction of sp³-hybridized carbons (Fsp3) is 0.227. The number of aromatic nitrogens is 5. The highest BCUT2D eigenvalue weighted by Crippen LogP contribution is 2.29. The largest absolute Gasteiger partial charge is 0.350 e. The summed E-state index contributed by atoms with van der Waals surface area (Å²) in [4.78, 5) is 32.4. The molecule has 4 aromatic rings. The molecule has 1 saturated heterocycles. The lowest BCUT2D eigenvalue weighted by Gasteiger charge is -2.25. The quantitative estimate of drug-likeness (QED) is 0.555. The van der Waals surface area contributed by atoms with Crippen molar-refractivity contribution in [3.63, 3.8) is 0 Å². The molecule has 3 aromatic heterocycles. The van der Waals surface area contributed by atoms with Crippen LogP contribution in [-0.2, 0) is 11.3 Å². The molecule has 30 heavy (non-hydrogen) atoms. The molecule has 1 fully saturated rings. The number of imidazole rings is 1. The number of hydrogen-bond acceptors (Lipinski definition) is 6. The third kappa shape index (κ3) is 3.47. The van der Waals surface area contributed by atoms with E-state index in [0.717, 1.165) is 47.5 Å². The predicted octanol–water partition coefficient (Wildman–Crippen LogP) is 2.50. The highest BCUT2D eigenvalue weighted by Gasteiger charge is 2.32. The Morgan fingerprint density at radius 2 is 2.07 bits per heavy atom. The average Bonchev–Trinajstić information content (AvgIpc) is 3.50. The lowest BCUT2D eigenvalue weighted by molar-refractivity contribution is -0.122. The zero-order valence-electron chi connectivity index (χ0n) is 16.3. The van der Waals surface area contributed by atoms with Crippen LogP contribution in [0, 0.1) is 0 Å². The van der Waals surface area contributed by atoms with Gasteiger partial charge in [-0.15, -0.1) is 0 Å². The van der Waals surface area contributed by atoms with E-state index in [1.54, 1.807) is 25.0 Å². The van der Waals surface area contributed by atoms with Crippen molar-refractivity contribution < 1.29 is 4.79 Å². The number of amides is 1. The standard InChI is InChI=1S/C22H21N7O/c30-22(25-13-16-7-8-20(24-12-16)28-11-9-23-15-28)19-6-3-10-29(19)21-17-4-1-2-5-18(17)26-14-27-21/h1-2,4-5,7-9,11-12,14-15,19H,3,6,10,13H2,(H,25,30)/t19-/m1/s1. The summed E-state index contributed by atoms with van der Waals surface area (Å²) in [5, 5.41) is 4.03.